The van der Waals surface area contributed by atoms with Crippen molar-refractivity contribution in [3.63, 3.8) is 0 Å². The lowest BCUT2D eigenvalue weighted by molar-refractivity contribution is -0.161. The summed E-state index contributed by atoms with van der Waals surface area (Å²) in [6.07, 6.45) is 32.4. The highest BCUT2D eigenvalue weighted by atomic mass is 16.6. The van der Waals surface area contributed by atoms with Gasteiger partial charge in [0.05, 0.1) is 18.8 Å². The minimum atomic E-state index is -0.794. The maximum absolute atomic E-state index is 12.1. The van der Waals surface area contributed by atoms with Crippen LogP contribution in [0.3, 0.4) is 0 Å². The van der Waals surface area contributed by atoms with Crippen molar-refractivity contribution in [1.29, 1.82) is 0 Å². The van der Waals surface area contributed by atoms with Crippen molar-refractivity contribution < 1.29 is 28.9 Å². The van der Waals surface area contributed by atoms with Gasteiger partial charge in [-0.1, -0.05) is 115 Å². The van der Waals surface area contributed by atoms with Crippen molar-refractivity contribution in [2.45, 2.75) is 161 Å². The van der Waals surface area contributed by atoms with Gasteiger partial charge in [0.2, 0.25) is 0 Å². The van der Waals surface area contributed by atoms with Gasteiger partial charge in [-0.3, -0.25) is 9.59 Å². The van der Waals surface area contributed by atoms with Crippen LogP contribution in [0, 0.1) is 5.92 Å². The first-order valence-corrected chi connectivity index (χ1v) is 17.1. The number of ether oxygens (including phenoxy) is 3. The summed E-state index contributed by atoms with van der Waals surface area (Å²) < 4.78 is 16.2. The van der Waals surface area contributed by atoms with Crippen LogP contribution in [0.25, 0.3) is 0 Å². The van der Waals surface area contributed by atoms with Crippen LogP contribution in [0.4, 0.5) is 0 Å². The summed E-state index contributed by atoms with van der Waals surface area (Å²) in [7, 11) is 0. The molecule has 4 atom stereocenters. The fraction of sp³-hybridized carbons (Fsp3) is 0.778. The molecule has 1 fully saturated rings. The Kier molecular flexibility index (Phi) is 24.2. The Morgan fingerprint density at radius 1 is 0.762 bits per heavy atom. The van der Waals surface area contributed by atoms with Gasteiger partial charge in [-0.05, 0) is 57.3 Å². The van der Waals surface area contributed by atoms with E-state index in [0.717, 1.165) is 50.9 Å². The molecule has 0 aromatic heterocycles. The summed E-state index contributed by atoms with van der Waals surface area (Å²) in [5.74, 6) is 0.148. The SMILES string of the molecule is CCCCC/C=C\CC1OC1C/C=C\C/C=C\CCCC(=O)OC[C@H](CO)OC(=O)CCCCCCCCC(C)CC. The van der Waals surface area contributed by atoms with Crippen LogP contribution in [0.2, 0.25) is 0 Å². The number of carbonyl (C=O) groups is 2. The van der Waals surface area contributed by atoms with Gasteiger partial charge in [0, 0.05) is 12.8 Å². The standard InChI is InChI=1S/C36H62O6/c1-4-6-7-8-15-20-25-33-34(42-33)26-21-16-10-9-11-17-22-27-35(38)40-30-32(29-37)41-36(39)28-23-18-13-12-14-19-24-31(3)5-2/h9,11,15-16,20-21,31-34,37H,4-8,10,12-14,17-19,22-30H2,1-3H3/b11-9-,20-15-,21-16-/t31?,32-,33?,34?/m0/s1. The van der Waals surface area contributed by atoms with Crippen molar-refractivity contribution in [3.05, 3.63) is 36.5 Å². The highest BCUT2D eigenvalue weighted by Gasteiger charge is 2.35. The summed E-state index contributed by atoms with van der Waals surface area (Å²) in [4.78, 5) is 24.1. The molecule has 242 valence electrons. The van der Waals surface area contributed by atoms with Crippen molar-refractivity contribution >= 4 is 11.9 Å². The molecule has 1 saturated heterocycles. The van der Waals surface area contributed by atoms with E-state index in [2.05, 4.69) is 57.2 Å². The third kappa shape index (κ3) is 22.6. The van der Waals surface area contributed by atoms with Gasteiger partial charge in [0.1, 0.15) is 6.61 Å². The van der Waals surface area contributed by atoms with Crippen molar-refractivity contribution in [1.82, 2.24) is 0 Å². The van der Waals surface area contributed by atoms with Crippen LogP contribution in [0.15, 0.2) is 36.5 Å². The van der Waals surface area contributed by atoms with Gasteiger partial charge in [0.25, 0.3) is 0 Å². The van der Waals surface area contributed by atoms with E-state index in [0.29, 0.717) is 31.5 Å². The maximum atomic E-state index is 12.1. The van der Waals surface area contributed by atoms with Gasteiger partial charge in [0.15, 0.2) is 6.10 Å². The van der Waals surface area contributed by atoms with Crippen LogP contribution in [-0.2, 0) is 23.8 Å². The molecule has 0 aliphatic carbocycles. The summed E-state index contributed by atoms with van der Waals surface area (Å²) in [5, 5.41) is 9.49. The molecule has 0 radical (unpaired) electrons. The molecule has 0 bridgehead atoms. The van der Waals surface area contributed by atoms with Crippen LogP contribution in [-0.4, -0.2) is 48.6 Å². The molecule has 42 heavy (non-hydrogen) atoms. The number of carbonyl (C=O) groups excluding carboxylic acids is 2. The van der Waals surface area contributed by atoms with Crippen LogP contribution in [0.5, 0.6) is 0 Å². The highest BCUT2D eigenvalue weighted by Crippen LogP contribution is 2.29. The molecule has 1 rings (SSSR count). The minimum Gasteiger partial charge on any atom is -0.462 e. The van der Waals surface area contributed by atoms with E-state index in [9.17, 15) is 14.7 Å². The molecule has 1 N–H and O–H groups in total. The summed E-state index contributed by atoms with van der Waals surface area (Å²) in [6, 6.07) is 0. The Morgan fingerprint density at radius 2 is 1.38 bits per heavy atom. The number of unbranched alkanes of at least 4 members (excludes halogenated alkanes) is 9. The molecule has 0 saturated carbocycles. The second kappa shape index (κ2) is 26.7. The van der Waals surface area contributed by atoms with Gasteiger partial charge in [-0.15, -0.1) is 0 Å². The third-order valence-electron chi connectivity index (χ3n) is 7.88. The predicted octanol–water partition coefficient (Wildman–Crippen LogP) is 8.96. The molecule has 3 unspecified atom stereocenters. The van der Waals surface area contributed by atoms with Gasteiger partial charge in [-0.25, -0.2) is 0 Å². The molecule has 6 heteroatoms. The van der Waals surface area contributed by atoms with E-state index in [1.165, 1.54) is 57.8 Å². The Morgan fingerprint density at radius 3 is 2.10 bits per heavy atom. The monoisotopic (exact) mass is 590 g/mol. The van der Waals surface area contributed by atoms with Crippen LogP contribution >= 0.6 is 0 Å². The summed E-state index contributed by atoms with van der Waals surface area (Å²) >= 11 is 0. The number of aliphatic hydroxyl groups is 1. The summed E-state index contributed by atoms with van der Waals surface area (Å²) in [6.45, 7) is 6.33. The third-order valence-corrected chi connectivity index (χ3v) is 7.88. The van der Waals surface area contributed by atoms with Gasteiger partial charge < -0.3 is 19.3 Å². The zero-order valence-corrected chi connectivity index (χ0v) is 27.1. The van der Waals surface area contributed by atoms with E-state index in [1.54, 1.807) is 0 Å². The van der Waals surface area contributed by atoms with E-state index in [-0.39, 0.29) is 25.2 Å². The van der Waals surface area contributed by atoms with Gasteiger partial charge in [-0.2, -0.15) is 0 Å². The number of aliphatic hydroxyl groups excluding tert-OH is 1. The summed E-state index contributed by atoms with van der Waals surface area (Å²) in [5.41, 5.74) is 0. The van der Waals surface area contributed by atoms with E-state index < -0.39 is 6.10 Å². The largest absolute Gasteiger partial charge is 0.462 e. The Bertz CT molecular complexity index is 758. The molecule has 0 aromatic rings. The maximum Gasteiger partial charge on any atom is 0.306 e. The fourth-order valence-electron chi connectivity index (χ4n) is 4.74. The predicted molar refractivity (Wildman–Crippen MR) is 172 cm³/mol. The number of epoxide rings is 1. The number of allylic oxidation sites excluding steroid dienone is 4. The molecule has 1 aliphatic heterocycles. The second-order valence-electron chi connectivity index (χ2n) is 11.9. The Labute approximate surface area is 257 Å². The molecule has 0 amide bonds. The quantitative estimate of drug-likeness (QED) is 0.0424. The number of esters is 2. The Balaban J connectivity index is 1.98. The second-order valence-corrected chi connectivity index (χ2v) is 11.9. The molecule has 0 spiro atoms. The van der Waals surface area contributed by atoms with E-state index in [4.69, 9.17) is 14.2 Å². The molecule has 0 aromatic carbocycles. The first kappa shape index (κ1) is 38.1. The molecule has 1 heterocycles. The lowest BCUT2D eigenvalue weighted by Crippen LogP contribution is -2.28. The van der Waals surface area contributed by atoms with E-state index >= 15 is 0 Å². The average Bonchev–Trinajstić information content (AvgIpc) is 3.75. The highest BCUT2D eigenvalue weighted by molar-refractivity contribution is 5.70. The molecule has 6 nitrogen and oxygen atoms in total. The lowest BCUT2D eigenvalue weighted by Gasteiger charge is -2.15. The van der Waals surface area contributed by atoms with Gasteiger partial charge >= 0.3 is 11.9 Å². The molecule has 1 aliphatic rings. The zero-order valence-electron chi connectivity index (χ0n) is 27.1. The fourth-order valence-corrected chi connectivity index (χ4v) is 4.74. The van der Waals surface area contributed by atoms with Crippen LogP contribution in [0.1, 0.15) is 143 Å². The number of hydrogen-bond acceptors (Lipinski definition) is 6. The number of hydrogen-bond donors (Lipinski definition) is 1. The first-order valence-electron chi connectivity index (χ1n) is 17.1. The minimum absolute atomic E-state index is 0.0985. The molecular weight excluding hydrogens is 528 g/mol. The Hall–Kier alpha value is -1.92. The van der Waals surface area contributed by atoms with Crippen LogP contribution < -0.4 is 0 Å². The number of rotatable bonds is 28. The van der Waals surface area contributed by atoms with Crippen molar-refractivity contribution in [2.24, 2.45) is 5.92 Å². The normalized spacial score (nSPS) is 18.2. The van der Waals surface area contributed by atoms with Crippen molar-refractivity contribution in [3.8, 4) is 0 Å². The lowest BCUT2D eigenvalue weighted by atomic mass is 10.00. The molecular formula is C36H62O6. The first-order chi connectivity index (χ1) is 20.5. The van der Waals surface area contributed by atoms with Crippen molar-refractivity contribution in [2.75, 3.05) is 13.2 Å². The smallest absolute Gasteiger partial charge is 0.306 e. The topological polar surface area (TPSA) is 85.4 Å². The zero-order chi connectivity index (χ0) is 30.7. The average molecular weight is 591 g/mol. The van der Waals surface area contributed by atoms with E-state index in [1.807, 2.05) is 0 Å².